The van der Waals surface area contributed by atoms with Gasteiger partial charge in [-0.2, -0.15) is 5.10 Å². The summed E-state index contributed by atoms with van der Waals surface area (Å²) in [5, 5.41) is 7.08. The normalized spacial score (nSPS) is 13.8. The van der Waals surface area contributed by atoms with Crippen LogP contribution in [0.1, 0.15) is 77.0 Å². The molecular formula is C37H38N2O2. The molecule has 1 unspecified atom stereocenters. The first-order valence-electron chi connectivity index (χ1n) is 14.9. The van der Waals surface area contributed by atoms with Crippen LogP contribution in [0.2, 0.25) is 0 Å². The topological polar surface area (TPSA) is 44.1 Å². The van der Waals surface area contributed by atoms with Crippen molar-refractivity contribution in [1.29, 1.82) is 0 Å². The Balaban J connectivity index is 1.29. The molecule has 1 aliphatic carbocycles. The van der Waals surface area contributed by atoms with Crippen LogP contribution in [0.5, 0.6) is 5.75 Å². The first-order valence-corrected chi connectivity index (χ1v) is 14.9. The number of aryl methyl sites for hydroxylation is 2. The lowest BCUT2D eigenvalue weighted by molar-refractivity contribution is 0.0985. The minimum Gasteiger partial charge on any atom is -0.497 e. The van der Waals surface area contributed by atoms with E-state index in [1.165, 1.54) is 46.7 Å². The lowest BCUT2D eigenvalue weighted by Crippen LogP contribution is -2.12. The zero-order chi connectivity index (χ0) is 28.3. The first-order chi connectivity index (χ1) is 20.0. The molecule has 4 aromatic carbocycles. The monoisotopic (exact) mass is 542 g/mol. The molecule has 1 fully saturated rings. The molecule has 1 aromatic heterocycles. The van der Waals surface area contributed by atoms with Crippen molar-refractivity contribution in [2.75, 3.05) is 7.11 Å². The molecule has 6 rings (SSSR count). The fourth-order valence-corrected chi connectivity index (χ4v) is 5.92. The second kappa shape index (κ2) is 11.7. The van der Waals surface area contributed by atoms with Gasteiger partial charge in [0, 0.05) is 12.3 Å². The van der Waals surface area contributed by atoms with Crippen molar-refractivity contribution < 1.29 is 9.53 Å². The van der Waals surface area contributed by atoms with Gasteiger partial charge in [-0.15, -0.1) is 0 Å². The minimum atomic E-state index is 0.0823. The Hall–Kier alpha value is -4.18. The van der Waals surface area contributed by atoms with Crippen LogP contribution in [0.4, 0.5) is 0 Å². The smallest absolute Gasteiger partial charge is 0.185 e. The highest BCUT2D eigenvalue weighted by Crippen LogP contribution is 2.39. The van der Waals surface area contributed by atoms with Crippen LogP contribution >= 0.6 is 0 Å². The number of benzene rings is 4. The second-order valence-electron chi connectivity index (χ2n) is 11.5. The van der Waals surface area contributed by atoms with Crippen molar-refractivity contribution >= 4 is 16.6 Å². The number of hydrogen-bond acceptors (Lipinski definition) is 3. The van der Waals surface area contributed by atoms with E-state index in [2.05, 4.69) is 78.8 Å². The van der Waals surface area contributed by atoms with Crippen molar-refractivity contribution in [2.24, 2.45) is 5.92 Å². The fraction of sp³-hybridized carbons (Fsp3) is 0.297. The van der Waals surface area contributed by atoms with Gasteiger partial charge in [-0.25, -0.2) is 4.68 Å². The van der Waals surface area contributed by atoms with Gasteiger partial charge in [-0.1, -0.05) is 80.4 Å². The van der Waals surface area contributed by atoms with E-state index in [1.807, 2.05) is 35.9 Å². The van der Waals surface area contributed by atoms with E-state index in [0.717, 1.165) is 41.5 Å². The van der Waals surface area contributed by atoms with E-state index < -0.39 is 0 Å². The number of carbonyl (C=O) groups is 1. The fourth-order valence-electron chi connectivity index (χ4n) is 5.92. The third kappa shape index (κ3) is 6.12. The molecule has 1 saturated carbocycles. The zero-order valence-electron chi connectivity index (χ0n) is 24.3. The summed E-state index contributed by atoms with van der Waals surface area (Å²) < 4.78 is 7.24. The summed E-state index contributed by atoms with van der Waals surface area (Å²) >= 11 is 0. The molecule has 1 aliphatic rings. The molecule has 0 spiro atoms. The van der Waals surface area contributed by atoms with Gasteiger partial charge in [0.15, 0.2) is 5.78 Å². The highest BCUT2D eigenvalue weighted by atomic mass is 16.5. The van der Waals surface area contributed by atoms with E-state index in [9.17, 15) is 4.79 Å². The number of Topliss-reactive ketones (excluding diaryl/α,β-unsaturated/α-hetero) is 1. The standard InChI is InChI=1S/C37H38N2O2/c1-4-26-7-6-10-33(21-26)39-36(19-25(2)38-39)37(40)22-28-8-5-9-31(20-28)35(18-13-27-11-12-27)32-15-14-30-24-34(41-3)17-16-29(30)23-32/h5-10,14-17,19-21,23-24,27,35H,4,11-13,18,22H2,1-3H3. The third-order valence-corrected chi connectivity index (χ3v) is 8.43. The quantitative estimate of drug-likeness (QED) is 0.157. The zero-order valence-corrected chi connectivity index (χ0v) is 24.3. The predicted octanol–water partition coefficient (Wildman–Crippen LogP) is 8.65. The second-order valence-corrected chi connectivity index (χ2v) is 11.5. The number of aromatic nitrogens is 2. The Morgan fingerprint density at radius 1 is 0.902 bits per heavy atom. The van der Waals surface area contributed by atoms with Gasteiger partial charge in [0.25, 0.3) is 0 Å². The van der Waals surface area contributed by atoms with E-state index >= 15 is 0 Å². The molecule has 4 nitrogen and oxygen atoms in total. The largest absolute Gasteiger partial charge is 0.497 e. The summed E-state index contributed by atoms with van der Waals surface area (Å²) in [6.45, 7) is 4.08. The molecule has 41 heavy (non-hydrogen) atoms. The average molecular weight is 543 g/mol. The molecule has 1 heterocycles. The summed E-state index contributed by atoms with van der Waals surface area (Å²) in [4.78, 5) is 13.7. The highest BCUT2D eigenvalue weighted by Gasteiger charge is 2.25. The molecule has 0 aliphatic heterocycles. The van der Waals surface area contributed by atoms with Crippen molar-refractivity contribution in [3.63, 3.8) is 0 Å². The van der Waals surface area contributed by atoms with Gasteiger partial charge in [-0.05, 0) is 95.5 Å². The van der Waals surface area contributed by atoms with Crippen LogP contribution in [0.15, 0.2) is 91.0 Å². The Morgan fingerprint density at radius 3 is 2.46 bits per heavy atom. The molecule has 0 radical (unpaired) electrons. The van der Waals surface area contributed by atoms with Gasteiger partial charge in [0.2, 0.25) is 0 Å². The Morgan fingerprint density at radius 2 is 1.66 bits per heavy atom. The van der Waals surface area contributed by atoms with E-state index in [0.29, 0.717) is 18.0 Å². The number of ether oxygens (including phenoxy) is 1. The van der Waals surface area contributed by atoms with Crippen LogP contribution in [-0.2, 0) is 12.8 Å². The van der Waals surface area contributed by atoms with Crippen molar-refractivity contribution in [3.05, 3.63) is 125 Å². The molecule has 0 N–H and O–H groups in total. The van der Waals surface area contributed by atoms with E-state index in [4.69, 9.17) is 4.74 Å². The van der Waals surface area contributed by atoms with Crippen LogP contribution in [0.25, 0.3) is 16.5 Å². The van der Waals surface area contributed by atoms with Crippen LogP contribution in [-0.4, -0.2) is 22.7 Å². The van der Waals surface area contributed by atoms with Gasteiger partial charge in [0.05, 0.1) is 18.5 Å². The number of nitrogens with zero attached hydrogens (tertiary/aromatic N) is 2. The molecule has 5 aromatic rings. The summed E-state index contributed by atoms with van der Waals surface area (Å²) in [5.74, 6) is 2.12. The Kier molecular flexibility index (Phi) is 7.74. The molecule has 0 saturated heterocycles. The molecule has 0 amide bonds. The van der Waals surface area contributed by atoms with Crippen LogP contribution < -0.4 is 4.74 Å². The highest BCUT2D eigenvalue weighted by molar-refractivity contribution is 5.96. The minimum absolute atomic E-state index is 0.0823. The molecule has 208 valence electrons. The van der Waals surface area contributed by atoms with E-state index in [1.54, 1.807) is 7.11 Å². The summed E-state index contributed by atoms with van der Waals surface area (Å²) in [6.07, 6.45) is 6.35. The van der Waals surface area contributed by atoms with Gasteiger partial charge in [-0.3, -0.25) is 4.79 Å². The number of rotatable bonds is 11. The van der Waals surface area contributed by atoms with E-state index in [-0.39, 0.29) is 5.78 Å². The predicted molar refractivity (Wildman–Crippen MR) is 166 cm³/mol. The molecule has 4 heteroatoms. The molecule has 1 atom stereocenters. The first kappa shape index (κ1) is 27.0. The van der Waals surface area contributed by atoms with Crippen molar-refractivity contribution in [2.45, 2.75) is 58.3 Å². The van der Waals surface area contributed by atoms with Gasteiger partial charge in [0.1, 0.15) is 11.4 Å². The van der Waals surface area contributed by atoms with Crippen LogP contribution in [0.3, 0.4) is 0 Å². The van der Waals surface area contributed by atoms with Crippen molar-refractivity contribution in [1.82, 2.24) is 9.78 Å². The summed E-state index contributed by atoms with van der Waals surface area (Å²) in [6, 6.07) is 31.9. The number of fused-ring (bicyclic) bond motifs is 1. The van der Waals surface area contributed by atoms with Crippen LogP contribution in [0, 0.1) is 12.8 Å². The maximum Gasteiger partial charge on any atom is 0.185 e. The van der Waals surface area contributed by atoms with Crippen molar-refractivity contribution in [3.8, 4) is 11.4 Å². The lowest BCUT2D eigenvalue weighted by atomic mass is 9.85. The lowest BCUT2D eigenvalue weighted by Gasteiger charge is -2.20. The third-order valence-electron chi connectivity index (χ3n) is 8.43. The van der Waals surface area contributed by atoms with Gasteiger partial charge < -0.3 is 4.74 Å². The maximum atomic E-state index is 13.7. The number of carbonyl (C=O) groups excluding carboxylic acids is 1. The molecular weight excluding hydrogens is 504 g/mol. The average Bonchev–Trinajstić information content (AvgIpc) is 3.75. The Labute approximate surface area is 243 Å². The maximum absolute atomic E-state index is 13.7. The van der Waals surface area contributed by atoms with Gasteiger partial charge >= 0.3 is 0 Å². The summed E-state index contributed by atoms with van der Waals surface area (Å²) in [5.41, 5.74) is 7.30. The molecule has 0 bridgehead atoms. The summed E-state index contributed by atoms with van der Waals surface area (Å²) in [7, 11) is 1.71. The number of methoxy groups -OCH3 is 1. The number of ketones is 1. The number of hydrogen-bond donors (Lipinski definition) is 0. The SMILES string of the molecule is CCc1cccc(-n2nc(C)cc2C(=O)Cc2cccc(C(CCC3CC3)c3ccc4cc(OC)ccc4c3)c2)c1. The Bertz CT molecular complexity index is 1690.